The molecule has 0 fully saturated rings. The maximum absolute atomic E-state index is 4.30. The molecular formula is C13H19N5. The van der Waals surface area contributed by atoms with Crippen LogP contribution < -0.4 is 0 Å². The maximum Gasteiger partial charge on any atom is 0.141 e. The predicted octanol–water partition coefficient (Wildman–Crippen LogP) is 1.89. The summed E-state index contributed by atoms with van der Waals surface area (Å²) >= 11 is 0. The van der Waals surface area contributed by atoms with Crippen molar-refractivity contribution in [1.29, 1.82) is 0 Å². The van der Waals surface area contributed by atoms with Gasteiger partial charge in [0.15, 0.2) is 0 Å². The van der Waals surface area contributed by atoms with E-state index in [-0.39, 0.29) is 0 Å². The van der Waals surface area contributed by atoms with Crippen molar-refractivity contribution < 1.29 is 0 Å². The molecule has 5 nitrogen and oxygen atoms in total. The molecule has 18 heavy (non-hydrogen) atoms. The molecule has 2 aromatic heterocycles. The van der Waals surface area contributed by atoms with Gasteiger partial charge in [-0.25, -0.2) is 9.67 Å². The van der Waals surface area contributed by atoms with Crippen molar-refractivity contribution in [3.63, 3.8) is 0 Å². The Kier molecular flexibility index (Phi) is 4.04. The fourth-order valence-electron chi connectivity index (χ4n) is 1.93. The summed E-state index contributed by atoms with van der Waals surface area (Å²) in [5, 5.41) is 4.19. The zero-order chi connectivity index (χ0) is 13.0. The Labute approximate surface area is 107 Å². The molecule has 0 aliphatic heterocycles. The van der Waals surface area contributed by atoms with Crippen LogP contribution >= 0.6 is 0 Å². The first-order valence-corrected chi connectivity index (χ1v) is 6.19. The molecule has 2 heterocycles. The van der Waals surface area contributed by atoms with E-state index in [1.807, 2.05) is 29.2 Å². The van der Waals surface area contributed by atoms with E-state index >= 15 is 0 Å². The van der Waals surface area contributed by atoms with Crippen molar-refractivity contribution in [2.24, 2.45) is 0 Å². The molecule has 2 aromatic rings. The second-order valence-electron chi connectivity index (χ2n) is 4.36. The van der Waals surface area contributed by atoms with Gasteiger partial charge >= 0.3 is 0 Å². The van der Waals surface area contributed by atoms with Gasteiger partial charge in [-0.3, -0.25) is 9.88 Å². The molecular weight excluding hydrogens is 226 g/mol. The lowest BCUT2D eigenvalue weighted by atomic mass is 10.1. The minimum atomic E-state index is 0.329. The third-order valence-corrected chi connectivity index (χ3v) is 3.24. The largest absolute Gasteiger partial charge is 0.292 e. The molecule has 0 saturated heterocycles. The van der Waals surface area contributed by atoms with Gasteiger partial charge < -0.3 is 0 Å². The third-order valence-electron chi connectivity index (χ3n) is 3.24. The second-order valence-corrected chi connectivity index (χ2v) is 4.36. The van der Waals surface area contributed by atoms with Crippen molar-refractivity contribution >= 4 is 0 Å². The summed E-state index contributed by atoms with van der Waals surface area (Å²) in [4.78, 5) is 10.6. The Morgan fingerprint density at radius 2 is 2.06 bits per heavy atom. The van der Waals surface area contributed by atoms with Crippen molar-refractivity contribution in [1.82, 2.24) is 24.6 Å². The molecule has 2 rings (SSSR count). The van der Waals surface area contributed by atoms with Crippen LogP contribution in [0.2, 0.25) is 0 Å². The Balaban J connectivity index is 2.06. The van der Waals surface area contributed by atoms with Crippen molar-refractivity contribution in [2.45, 2.75) is 33.0 Å². The van der Waals surface area contributed by atoms with Gasteiger partial charge in [0.1, 0.15) is 12.2 Å². The number of hydrogen-bond acceptors (Lipinski definition) is 4. The monoisotopic (exact) mass is 245 g/mol. The molecule has 0 bridgehead atoms. The van der Waals surface area contributed by atoms with Crippen LogP contribution in [0.15, 0.2) is 30.9 Å². The van der Waals surface area contributed by atoms with E-state index < -0.39 is 0 Å². The van der Waals surface area contributed by atoms with E-state index in [0.717, 1.165) is 18.9 Å². The van der Waals surface area contributed by atoms with Crippen molar-refractivity contribution in [3.8, 4) is 0 Å². The van der Waals surface area contributed by atoms with Crippen molar-refractivity contribution in [3.05, 3.63) is 42.2 Å². The van der Waals surface area contributed by atoms with Gasteiger partial charge in [-0.15, -0.1) is 0 Å². The molecule has 0 spiro atoms. The molecule has 0 amide bonds. The minimum Gasteiger partial charge on any atom is -0.292 e. The van der Waals surface area contributed by atoms with E-state index in [4.69, 9.17) is 0 Å². The highest BCUT2D eigenvalue weighted by Gasteiger charge is 2.14. The summed E-state index contributed by atoms with van der Waals surface area (Å²) in [7, 11) is 2.10. The lowest BCUT2D eigenvalue weighted by Gasteiger charge is -2.24. The zero-order valence-corrected chi connectivity index (χ0v) is 11.1. The van der Waals surface area contributed by atoms with Crippen LogP contribution in [0, 0.1) is 0 Å². The minimum absolute atomic E-state index is 0.329. The molecule has 0 saturated carbocycles. The maximum atomic E-state index is 4.30. The van der Waals surface area contributed by atoms with Crippen LogP contribution in [0.4, 0.5) is 0 Å². The van der Waals surface area contributed by atoms with Gasteiger partial charge in [0.2, 0.25) is 0 Å². The van der Waals surface area contributed by atoms with Gasteiger partial charge in [-0.1, -0.05) is 0 Å². The Bertz CT molecular complexity index is 479. The Morgan fingerprint density at radius 1 is 1.33 bits per heavy atom. The average Bonchev–Trinajstić information content (AvgIpc) is 2.86. The molecule has 0 aromatic carbocycles. The van der Waals surface area contributed by atoms with E-state index in [1.165, 1.54) is 5.56 Å². The van der Waals surface area contributed by atoms with Gasteiger partial charge in [0, 0.05) is 25.0 Å². The van der Waals surface area contributed by atoms with Crippen LogP contribution in [0.25, 0.3) is 0 Å². The molecule has 0 radical (unpaired) electrons. The summed E-state index contributed by atoms with van der Waals surface area (Å²) in [6.45, 7) is 5.90. The molecule has 0 unspecified atom stereocenters. The first-order chi connectivity index (χ1) is 8.72. The fourth-order valence-corrected chi connectivity index (χ4v) is 1.93. The van der Waals surface area contributed by atoms with Gasteiger partial charge in [-0.2, -0.15) is 5.10 Å². The lowest BCUT2D eigenvalue weighted by Crippen LogP contribution is -2.24. The normalized spacial score (nSPS) is 12.9. The Morgan fingerprint density at radius 3 is 2.72 bits per heavy atom. The molecule has 0 N–H and O–H groups in total. The highest BCUT2D eigenvalue weighted by atomic mass is 15.3. The predicted molar refractivity (Wildman–Crippen MR) is 69.8 cm³/mol. The fraction of sp³-hybridized carbons (Fsp3) is 0.462. The van der Waals surface area contributed by atoms with Gasteiger partial charge in [0.25, 0.3) is 0 Å². The van der Waals surface area contributed by atoms with Crippen LogP contribution in [-0.4, -0.2) is 31.7 Å². The molecule has 96 valence electrons. The number of aryl methyl sites for hydroxylation is 1. The van der Waals surface area contributed by atoms with Crippen LogP contribution in [0.3, 0.4) is 0 Å². The number of aromatic nitrogens is 4. The van der Waals surface area contributed by atoms with Crippen molar-refractivity contribution in [2.75, 3.05) is 7.05 Å². The highest BCUT2D eigenvalue weighted by Crippen LogP contribution is 2.19. The number of pyridine rings is 1. The van der Waals surface area contributed by atoms with Crippen LogP contribution in [0.5, 0.6) is 0 Å². The number of nitrogens with zero attached hydrogens (tertiary/aromatic N) is 5. The summed E-state index contributed by atoms with van der Waals surface area (Å²) in [5.74, 6) is 1.00. The number of hydrogen-bond donors (Lipinski definition) is 0. The highest BCUT2D eigenvalue weighted by molar-refractivity contribution is 5.14. The molecule has 0 aliphatic rings. The van der Waals surface area contributed by atoms with Gasteiger partial charge in [-0.05, 0) is 38.6 Å². The first-order valence-electron chi connectivity index (χ1n) is 6.19. The lowest BCUT2D eigenvalue weighted by molar-refractivity contribution is 0.242. The van der Waals surface area contributed by atoms with Crippen LogP contribution in [0.1, 0.15) is 31.3 Å². The third kappa shape index (κ3) is 2.73. The van der Waals surface area contributed by atoms with E-state index in [2.05, 4.69) is 40.9 Å². The van der Waals surface area contributed by atoms with E-state index in [9.17, 15) is 0 Å². The Hall–Kier alpha value is -1.75. The summed E-state index contributed by atoms with van der Waals surface area (Å²) < 4.78 is 1.93. The quantitative estimate of drug-likeness (QED) is 0.807. The smallest absolute Gasteiger partial charge is 0.141 e. The zero-order valence-electron chi connectivity index (χ0n) is 11.1. The average molecular weight is 245 g/mol. The summed E-state index contributed by atoms with van der Waals surface area (Å²) in [6, 6.07) is 4.42. The summed E-state index contributed by atoms with van der Waals surface area (Å²) in [5.41, 5.74) is 1.26. The van der Waals surface area contributed by atoms with E-state index in [0.29, 0.717) is 6.04 Å². The summed E-state index contributed by atoms with van der Waals surface area (Å²) in [6.07, 6.45) is 5.27. The molecule has 1 atom stereocenters. The second kappa shape index (κ2) is 5.73. The van der Waals surface area contributed by atoms with E-state index in [1.54, 1.807) is 6.33 Å². The molecule has 5 heteroatoms. The topological polar surface area (TPSA) is 46.8 Å². The number of rotatable bonds is 5. The molecule has 0 aliphatic carbocycles. The SMILES string of the molecule is CCn1ncnc1CN(C)[C@H](C)c1ccncc1. The van der Waals surface area contributed by atoms with Gasteiger partial charge in [0.05, 0.1) is 6.54 Å². The first kappa shape index (κ1) is 12.7. The van der Waals surface area contributed by atoms with Crippen LogP contribution in [-0.2, 0) is 13.1 Å². The standard InChI is InChI=1S/C13H19N5/c1-4-18-13(15-10-16-18)9-17(3)11(2)12-5-7-14-8-6-12/h5-8,10-11H,4,9H2,1-3H3/t11-/m1/s1.